The van der Waals surface area contributed by atoms with Gasteiger partial charge in [0, 0.05) is 6.54 Å². The summed E-state index contributed by atoms with van der Waals surface area (Å²) in [6.45, 7) is -0.547. The molecule has 0 atom stereocenters. The van der Waals surface area contributed by atoms with Gasteiger partial charge in [0.2, 0.25) is 5.91 Å². The van der Waals surface area contributed by atoms with E-state index in [2.05, 4.69) is 10.1 Å². The van der Waals surface area contributed by atoms with E-state index in [9.17, 15) is 18.0 Å². The van der Waals surface area contributed by atoms with Gasteiger partial charge in [-0.15, -0.1) is 0 Å². The fraction of sp³-hybridized carbons (Fsp3) is 0.400. The SMILES string of the molecule is CN(Cc1ccccc1)Cc1nc(CC(N)=O)nn1CC(F)(F)F. The van der Waals surface area contributed by atoms with Crippen LogP contribution < -0.4 is 5.73 Å². The maximum Gasteiger partial charge on any atom is 0.408 e. The summed E-state index contributed by atoms with van der Waals surface area (Å²) < 4.78 is 38.8. The minimum atomic E-state index is -4.43. The third kappa shape index (κ3) is 5.65. The van der Waals surface area contributed by atoms with Gasteiger partial charge in [-0.1, -0.05) is 30.3 Å². The molecule has 1 amide bonds. The van der Waals surface area contributed by atoms with E-state index in [0.29, 0.717) is 6.54 Å². The van der Waals surface area contributed by atoms with E-state index < -0.39 is 18.6 Å². The highest BCUT2D eigenvalue weighted by molar-refractivity contribution is 5.75. The van der Waals surface area contributed by atoms with E-state index in [-0.39, 0.29) is 24.6 Å². The standard InChI is InChI=1S/C15H18F3N5O/c1-22(8-11-5-3-2-4-6-11)9-14-20-13(7-12(19)24)21-23(14)10-15(16,17)18/h2-6H,7-10H2,1H3,(H2,19,24). The number of carbonyl (C=O) groups excluding carboxylic acids is 1. The molecular formula is C15H18F3N5O. The van der Waals surface area contributed by atoms with Gasteiger partial charge < -0.3 is 5.73 Å². The quantitative estimate of drug-likeness (QED) is 0.828. The Labute approximate surface area is 137 Å². The first kappa shape index (κ1) is 17.9. The monoisotopic (exact) mass is 341 g/mol. The van der Waals surface area contributed by atoms with Crippen molar-refractivity contribution in [3.05, 3.63) is 47.5 Å². The number of alkyl halides is 3. The molecular weight excluding hydrogens is 323 g/mol. The number of hydrogen-bond donors (Lipinski definition) is 1. The zero-order chi connectivity index (χ0) is 17.7. The largest absolute Gasteiger partial charge is 0.408 e. The highest BCUT2D eigenvalue weighted by Gasteiger charge is 2.30. The summed E-state index contributed by atoms with van der Waals surface area (Å²) in [4.78, 5) is 16.8. The third-order valence-electron chi connectivity index (χ3n) is 3.16. The molecule has 1 heterocycles. The van der Waals surface area contributed by atoms with Crippen LogP contribution in [-0.2, 0) is 30.8 Å². The van der Waals surface area contributed by atoms with Crippen LogP contribution in [0.4, 0.5) is 13.2 Å². The lowest BCUT2D eigenvalue weighted by Gasteiger charge is -2.17. The zero-order valence-corrected chi connectivity index (χ0v) is 13.1. The van der Waals surface area contributed by atoms with E-state index in [1.54, 1.807) is 7.05 Å². The molecule has 0 bridgehead atoms. The molecule has 9 heteroatoms. The number of carbonyl (C=O) groups is 1. The summed E-state index contributed by atoms with van der Waals surface area (Å²) in [5.41, 5.74) is 6.08. The summed E-state index contributed by atoms with van der Waals surface area (Å²) in [6.07, 6.45) is -4.72. The number of benzene rings is 1. The Kier molecular flexibility index (Phi) is 5.55. The van der Waals surface area contributed by atoms with Crippen LogP contribution in [0.1, 0.15) is 17.2 Å². The van der Waals surface area contributed by atoms with E-state index in [4.69, 9.17) is 5.73 Å². The molecule has 2 rings (SSSR count). The summed E-state index contributed by atoms with van der Waals surface area (Å²) in [5, 5.41) is 3.75. The first-order chi connectivity index (χ1) is 11.2. The highest BCUT2D eigenvalue weighted by atomic mass is 19.4. The van der Waals surface area contributed by atoms with E-state index in [1.807, 2.05) is 35.2 Å². The van der Waals surface area contributed by atoms with Crippen LogP contribution in [-0.4, -0.2) is 38.8 Å². The number of aromatic nitrogens is 3. The smallest absolute Gasteiger partial charge is 0.369 e. The van der Waals surface area contributed by atoms with Crippen LogP contribution in [0.3, 0.4) is 0 Å². The molecule has 6 nitrogen and oxygen atoms in total. The van der Waals surface area contributed by atoms with Crippen molar-refractivity contribution in [1.82, 2.24) is 19.7 Å². The topological polar surface area (TPSA) is 77.0 Å². The second-order valence-corrected chi connectivity index (χ2v) is 5.52. The summed E-state index contributed by atoms with van der Waals surface area (Å²) in [6, 6.07) is 9.52. The van der Waals surface area contributed by atoms with E-state index in [1.165, 1.54) is 0 Å². The predicted molar refractivity (Wildman–Crippen MR) is 80.6 cm³/mol. The molecule has 130 valence electrons. The molecule has 0 radical (unpaired) electrons. The maximum atomic E-state index is 12.7. The zero-order valence-electron chi connectivity index (χ0n) is 13.1. The normalized spacial score (nSPS) is 11.9. The molecule has 0 saturated heterocycles. The predicted octanol–water partition coefficient (Wildman–Crippen LogP) is 1.50. The first-order valence-electron chi connectivity index (χ1n) is 7.23. The van der Waals surface area contributed by atoms with Crippen molar-refractivity contribution in [2.45, 2.75) is 32.2 Å². The van der Waals surface area contributed by atoms with Crippen molar-refractivity contribution in [2.75, 3.05) is 7.05 Å². The van der Waals surface area contributed by atoms with E-state index in [0.717, 1.165) is 10.2 Å². The van der Waals surface area contributed by atoms with Crippen molar-refractivity contribution >= 4 is 5.91 Å². The fourth-order valence-electron chi connectivity index (χ4n) is 2.26. The average Bonchev–Trinajstić information content (AvgIpc) is 2.78. The average molecular weight is 341 g/mol. The molecule has 0 saturated carbocycles. The molecule has 2 aromatic rings. The number of halogens is 3. The minimum Gasteiger partial charge on any atom is -0.369 e. The third-order valence-corrected chi connectivity index (χ3v) is 3.16. The van der Waals surface area contributed by atoms with Crippen LogP contribution in [0, 0.1) is 0 Å². The Balaban J connectivity index is 2.14. The van der Waals surface area contributed by atoms with Gasteiger partial charge >= 0.3 is 6.18 Å². The van der Waals surface area contributed by atoms with E-state index >= 15 is 0 Å². The van der Waals surface area contributed by atoms with Gasteiger partial charge in [-0.25, -0.2) is 9.67 Å². The summed E-state index contributed by atoms with van der Waals surface area (Å²) in [7, 11) is 1.77. The van der Waals surface area contributed by atoms with Crippen molar-refractivity contribution in [3.63, 3.8) is 0 Å². The molecule has 24 heavy (non-hydrogen) atoms. The highest BCUT2D eigenvalue weighted by Crippen LogP contribution is 2.18. The Morgan fingerprint density at radius 3 is 2.50 bits per heavy atom. The fourth-order valence-corrected chi connectivity index (χ4v) is 2.26. The van der Waals surface area contributed by atoms with Crippen molar-refractivity contribution < 1.29 is 18.0 Å². The Bertz CT molecular complexity index is 684. The number of primary amides is 1. The molecule has 1 aromatic heterocycles. The second-order valence-electron chi connectivity index (χ2n) is 5.52. The van der Waals surface area contributed by atoms with Crippen molar-refractivity contribution in [3.8, 4) is 0 Å². The number of hydrogen-bond acceptors (Lipinski definition) is 4. The van der Waals surface area contributed by atoms with Crippen LogP contribution in [0.5, 0.6) is 0 Å². The Hall–Kier alpha value is -2.42. The van der Waals surface area contributed by atoms with Gasteiger partial charge in [0.25, 0.3) is 0 Å². The van der Waals surface area contributed by atoms with Crippen LogP contribution in [0.15, 0.2) is 30.3 Å². The Morgan fingerprint density at radius 1 is 1.25 bits per heavy atom. The number of nitrogens with two attached hydrogens (primary N) is 1. The summed E-state index contributed by atoms with van der Waals surface area (Å²) in [5.74, 6) is -0.555. The van der Waals surface area contributed by atoms with Crippen LogP contribution >= 0.6 is 0 Å². The molecule has 0 spiro atoms. The van der Waals surface area contributed by atoms with Crippen molar-refractivity contribution in [2.24, 2.45) is 5.73 Å². The molecule has 2 N–H and O–H groups in total. The Morgan fingerprint density at radius 2 is 1.92 bits per heavy atom. The minimum absolute atomic E-state index is 0.00476. The lowest BCUT2D eigenvalue weighted by Crippen LogP contribution is -2.24. The van der Waals surface area contributed by atoms with Crippen LogP contribution in [0.2, 0.25) is 0 Å². The number of rotatable bonds is 7. The van der Waals surface area contributed by atoms with Gasteiger partial charge in [0.15, 0.2) is 5.82 Å². The molecule has 0 aliphatic carbocycles. The van der Waals surface area contributed by atoms with Crippen molar-refractivity contribution in [1.29, 1.82) is 0 Å². The van der Waals surface area contributed by atoms with Gasteiger partial charge in [-0.2, -0.15) is 18.3 Å². The molecule has 0 unspecified atom stereocenters. The first-order valence-corrected chi connectivity index (χ1v) is 7.23. The van der Waals surface area contributed by atoms with Gasteiger partial charge in [0.1, 0.15) is 12.4 Å². The number of amides is 1. The van der Waals surface area contributed by atoms with Crippen LogP contribution in [0.25, 0.3) is 0 Å². The maximum absolute atomic E-state index is 12.7. The molecule has 0 aliphatic rings. The van der Waals surface area contributed by atoms with Gasteiger partial charge in [-0.05, 0) is 12.6 Å². The lowest BCUT2D eigenvalue weighted by atomic mass is 10.2. The molecule has 0 fully saturated rings. The molecule has 1 aromatic carbocycles. The lowest BCUT2D eigenvalue weighted by molar-refractivity contribution is -0.143. The number of nitrogens with zero attached hydrogens (tertiary/aromatic N) is 4. The molecule has 0 aliphatic heterocycles. The van der Waals surface area contributed by atoms with Gasteiger partial charge in [0.05, 0.1) is 13.0 Å². The second kappa shape index (κ2) is 7.43. The van der Waals surface area contributed by atoms with Gasteiger partial charge in [-0.3, -0.25) is 9.69 Å². The summed E-state index contributed by atoms with van der Waals surface area (Å²) >= 11 is 0.